The number of nitrogens with zero attached hydrogens (tertiary/aromatic N) is 4. The van der Waals surface area contributed by atoms with Crippen molar-refractivity contribution in [3.05, 3.63) is 59.3 Å². The molecule has 1 saturated heterocycles. The van der Waals surface area contributed by atoms with Crippen LogP contribution in [0.1, 0.15) is 45.9 Å². The number of aromatic nitrogens is 4. The van der Waals surface area contributed by atoms with Gasteiger partial charge < -0.3 is 15.2 Å². The molecule has 4 rings (SSSR count). The molecule has 3 N–H and O–H groups in total. The monoisotopic (exact) mass is 393 g/mol. The summed E-state index contributed by atoms with van der Waals surface area (Å²) in [6.07, 6.45) is 8.89. The average Bonchev–Trinajstić information content (AvgIpc) is 3.25. The van der Waals surface area contributed by atoms with Crippen molar-refractivity contribution in [2.24, 2.45) is 0 Å². The quantitative estimate of drug-likeness (QED) is 0.610. The molecule has 29 heavy (non-hydrogen) atoms. The van der Waals surface area contributed by atoms with Crippen LogP contribution in [-0.4, -0.2) is 54.1 Å². The second-order valence-electron chi connectivity index (χ2n) is 7.42. The van der Waals surface area contributed by atoms with Crippen LogP contribution in [-0.2, 0) is 6.54 Å². The number of nitrogens with one attached hydrogen (secondary N) is 1. The van der Waals surface area contributed by atoms with E-state index in [4.69, 9.17) is 0 Å². The number of H-pyrrole nitrogens is 1. The molecule has 1 fully saturated rings. The van der Waals surface area contributed by atoms with Crippen molar-refractivity contribution >= 4 is 5.97 Å². The molecule has 1 atom stereocenters. The van der Waals surface area contributed by atoms with E-state index in [1.54, 1.807) is 37.8 Å². The predicted octanol–water partition coefficient (Wildman–Crippen LogP) is 2.96. The number of hydrogen-bond donors (Lipinski definition) is 3. The molecular formula is C21H23N5O3. The van der Waals surface area contributed by atoms with E-state index in [-0.39, 0.29) is 17.2 Å². The van der Waals surface area contributed by atoms with Gasteiger partial charge in [-0.25, -0.2) is 14.8 Å². The lowest BCUT2D eigenvalue weighted by atomic mass is 9.92. The van der Waals surface area contributed by atoms with Crippen LogP contribution in [0, 0.1) is 6.92 Å². The summed E-state index contributed by atoms with van der Waals surface area (Å²) >= 11 is 0. The Hall–Kier alpha value is -3.26. The lowest BCUT2D eigenvalue weighted by Gasteiger charge is -2.33. The molecule has 1 aliphatic rings. The number of likely N-dealkylation sites (tertiary alicyclic amines) is 1. The number of aromatic amines is 1. The van der Waals surface area contributed by atoms with E-state index < -0.39 is 5.97 Å². The molecule has 3 heterocycles. The lowest BCUT2D eigenvalue weighted by Crippen LogP contribution is -2.34. The maximum atomic E-state index is 11.4. The molecule has 0 bridgehead atoms. The topological polar surface area (TPSA) is 115 Å². The highest BCUT2D eigenvalue weighted by molar-refractivity contribution is 5.91. The zero-order valence-corrected chi connectivity index (χ0v) is 16.2. The number of aromatic carboxylic acids is 1. The van der Waals surface area contributed by atoms with E-state index in [0.29, 0.717) is 17.9 Å². The Balaban J connectivity index is 1.56. The van der Waals surface area contributed by atoms with Gasteiger partial charge in [-0.15, -0.1) is 0 Å². The van der Waals surface area contributed by atoms with Crippen LogP contribution in [0.2, 0.25) is 0 Å². The predicted molar refractivity (Wildman–Crippen MR) is 107 cm³/mol. The molecule has 0 amide bonds. The van der Waals surface area contributed by atoms with E-state index >= 15 is 0 Å². The number of hydrogen-bond acceptors (Lipinski definition) is 6. The van der Waals surface area contributed by atoms with Crippen LogP contribution >= 0.6 is 0 Å². The molecular weight excluding hydrogens is 370 g/mol. The van der Waals surface area contributed by atoms with E-state index in [9.17, 15) is 15.0 Å². The summed E-state index contributed by atoms with van der Waals surface area (Å²) in [7, 11) is 0. The number of carboxylic acid groups (broad SMARTS) is 1. The van der Waals surface area contributed by atoms with Gasteiger partial charge in [-0.2, -0.15) is 0 Å². The number of phenols is 1. The first-order valence-corrected chi connectivity index (χ1v) is 9.61. The lowest BCUT2D eigenvalue weighted by molar-refractivity contribution is 0.0693. The van der Waals surface area contributed by atoms with Gasteiger partial charge in [-0.1, -0.05) is 6.07 Å². The zero-order valence-electron chi connectivity index (χ0n) is 16.2. The van der Waals surface area contributed by atoms with Gasteiger partial charge in [0.15, 0.2) is 5.82 Å². The molecule has 0 saturated carbocycles. The molecule has 1 aromatic carbocycles. The van der Waals surface area contributed by atoms with Gasteiger partial charge in [0.25, 0.3) is 0 Å². The summed E-state index contributed by atoms with van der Waals surface area (Å²) in [5.74, 6) is -0.354. The van der Waals surface area contributed by atoms with Gasteiger partial charge >= 0.3 is 5.97 Å². The van der Waals surface area contributed by atoms with Crippen molar-refractivity contribution in [3.8, 4) is 17.3 Å². The fraction of sp³-hybridized carbons (Fsp3) is 0.333. The largest absolute Gasteiger partial charge is 0.507 e. The van der Waals surface area contributed by atoms with E-state index in [0.717, 1.165) is 42.9 Å². The second kappa shape index (κ2) is 8.00. The minimum absolute atomic E-state index is 0.0532. The number of benzene rings is 1. The minimum atomic E-state index is -1.12. The normalized spacial score (nSPS) is 17.3. The van der Waals surface area contributed by atoms with Crippen LogP contribution in [0.25, 0.3) is 11.5 Å². The SMILES string of the molecule is Cc1cc(CN2CCC[C@H](c3nccnc3-c3ncc[nH]3)C2)cc(C(=O)O)c1O. The summed E-state index contributed by atoms with van der Waals surface area (Å²) < 4.78 is 0. The van der Waals surface area contributed by atoms with Gasteiger partial charge in [-0.05, 0) is 43.5 Å². The highest BCUT2D eigenvalue weighted by Gasteiger charge is 2.26. The second-order valence-corrected chi connectivity index (χ2v) is 7.42. The molecule has 0 radical (unpaired) electrons. The first-order chi connectivity index (χ1) is 14.0. The van der Waals surface area contributed by atoms with Crippen LogP contribution in [0.3, 0.4) is 0 Å². The number of carbonyl (C=O) groups is 1. The summed E-state index contributed by atoms with van der Waals surface area (Å²) in [6, 6.07) is 3.41. The molecule has 150 valence electrons. The van der Waals surface area contributed by atoms with Crippen molar-refractivity contribution < 1.29 is 15.0 Å². The van der Waals surface area contributed by atoms with Gasteiger partial charge in [0.2, 0.25) is 0 Å². The molecule has 3 aromatic rings. The number of rotatable bonds is 5. The molecule has 0 aliphatic carbocycles. The molecule has 0 spiro atoms. The highest BCUT2D eigenvalue weighted by Crippen LogP contribution is 2.32. The molecule has 2 aromatic heterocycles. The zero-order chi connectivity index (χ0) is 20.4. The summed E-state index contributed by atoms with van der Waals surface area (Å²) in [6.45, 7) is 4.07. The summed E-state index contributed by atoms with van der Waals surface area (Å²) in [4.78, 5) is 30.2. The summed E-state index contributed by atoms with van der Waals surface area (Å²) in [5, 5.41) is 19.3. The van der Waals surface area contributed by atoms with Gasteiger partial charge in [0, 0.05) is 43.8 Å². The fourth-order valence-electron chi connectivity index (χ4n) is 4.01. The first kappa shape index (κ1) is 19.1. The van der Waals surface area contributed by atoms with Crippen molar-refractivity contribution in [2.75, 3.05) is 13.1 Å². The number of carboxylic acids is 1. The van der Waals surface area contributed by atoms with Crippen LogP contribution in [0.5, 0.6) is 5.75 Å². The maximum Gasteiger partial charge on any atom is 0.339 e. The third kappa shape index (κ3) is 3.97. The van der Waals surface area contributed by atoms with Gasteiger partial charge in [0.1, 0.15) is 17.0 Å². The van der Waals surface area contributed by atoms with Crippen LogP contribution in [0.15, 0.2) is 36.9 Å². The Kier molecular flexibility index (Phi) is 5.26. The van der Waals surface area contributed by atoms with Crippen LogP contribution < -0.4 is 0 Å². The van der Waals surface area contributed by atoms with E-state index in [1.165, 1.54) is 0 Å². The maximum absolute atomic E-state index is 11.4. The van der Waals surface area contributed by atoms with Crippen molar-refractivity contribution in [1.82, 2.24) is 24.8 Å². The Morgan fingerprint density at radius 1 is 1.24 bits per heavy atom. The minimum Gasteiger partial charge on any atom is -0.507 e. The number of aromatic hydroxyl groups is 1. The Morgan fingerprint density at radius 2 is 2.07 bits per heavy atom. The highest BCUT2D eigenvalue weighted by atomic mass is 16.4. The van der Waals surface area contributed by atoms with E-state index in [1.807, 2.05) is 6.07 Å². The van der Waals surface area contributed by atoms with Gasteiger partial charge in [0.05, 0.1) is 5.69 Å². The standard InChI is InChI=1S/C21H23N5O3/c1-13-9-14(10-16(19(13)27)21(28)29)11-26-8-2-3-15(12-26)17-18(23-5-4-22-17)20-24-6-7-25-20/h4-7,9-10,15,27H,2-3,8,11-12H2,1H3,(H,24,25)(H,28,29)/t15-/m0/s1. The van der Waals surface area contributed by atoms with Crippen molar-refractivity contribution in [3.63, 3.8) is 0 Å². The van der Waals surface area contributed by atoms with Gasteiger partial charge in [-0.3, -0.25) is 9.88 Å². The summed E-state index contributed by atoms with van der Waals surface area (Å²) in [5.41, 5.74) is 3.10. The number of aryl methyl sites for hydroxylation is 1. The van der Waals surface area contributed by atoms with Crippen LogP contribution in [0.4, 0.5) is 0 Å². The van der Waals surface area contributed by atoms with Crippen molar-refractivity contribution in [2.45, 2.75) is 32.2 Å². The number of imidazole rings is 1. The molecule has 0 unspecified atom stereocenters. The molecule has 1 aliphatic heterocycles. The third-order valence-electron chi connectivity index (χ3n) is 5.34. The fourth-order valence-corrected chi connectivity index (χ4v) is 4.01. The van der Waals surface area contributed by atoms with E-state index in [2.05, 4.69) is 24.8 Å². The first-order valence-electron chi connectivity index (χ1n) is 9.61. The molecule has 8 nitrogen and oxygen atoms in total. The third-order valence-corrected chi connectivity index (χ3v) is 5.34. The smallest absolute Gasteiger partial charge is 0.339 e. The number of piperidine rings is 1. The Bertz CT molecular complexity index is 1020. The average molecular weight is 393 g/mol. The Morgan fingerprint density at radius 3 is 2.83 bits per heavy atom. The van der Waals surface area contributed by atoms with Crippen molar-refractivity contribution in [1.29, 1.82) is 0 Å². The Labute approximate surface area is 168 Å². The molecule has 8 heteroatoms.